The van der Waals surface area contributed by atoms with E-state index in [0.717, 1.165) is 38.9 Å². The van der Waals surface area contributed by atoms with E-state index in [2.05, 4.69) is 35.6 Å². The summed E-state index contributed by atoms with van der Waals surface area (Å²) in [5, 5.41) is 6.66. The highest BCUT2D eigenvalue weighted by Crippen LogP contribution is 2.34. The highest BCUT2D eigenvalue weighted by Gasteiger charge is 2.11. The molecule has 0 aliphatic heterocycles. The molecule has 0 bridgehead atoms. The summed E-state index contributed by atoms with van der Waals surface area (Å²) in [6.07, 6.45) is 0. The Bertz CT molecular complexity index is 1010. The molecule has 0 atom stereocenters. The highest BCUT2D eigenvalue weighted by molar-refractivity contribution is 6.12. The third kappa shape index (κ3) is 2.27. The van der Waals surface area contributed by atoms with Crippen molar-refractivity contribution in [2.75, 3.05) is 18.1 Å². The van der Waals surface area contributed by atoms with Crippen molar-refractivity contribution in [2.45, 2.75) is 0 Å². The second-order valence-corrected chi connectivity index (χ2v) is 5.61. The fraction of sp³-hybridized carbons (Fsp3) is 0.0500. The van der Waals surface area contributed by atoms with Gasteiger partial charge >= 0.3 is 0 Å². The molecule has 0 amide bonds. The van der Waals surface area contributed by atoms with E-state index in [0.29, 0.717) is 0 Å². The molecular weight excluding hydrogens is 282 g/mol. The summed E-state index contributed by atoms with van der Waals surface area (Å²) in [6, 6.07) is 22.6. The minimum absolute atomic E-state index is 0.732. The predicted octanol–water partition coefficient (Wildman–Crippen LogP) is 4.68. The zero-order valence-corrected chi connectivity index (χ0v) is 12.9. The maximum Gasteiger partial charge on any atom is 0.0788 e. The van der Waals surface area contributed by atoms with Crippen LogP contribution in [0.15, 0.2) is 66.7 Å². The number of anilines is 2. The van der Waals surface area contributed by atoms with Crippen LogP contribution in [-0.2, 0) is 0 Å². The molecule has 0 spiro atoms. The van der Waals surface area contributed by atoms with Crippen LogP contribution in [0.25, 0.3) is 32.9 Å². The Labute approximate surface area is 134 Å². The molecule has 3 heteroatoms. The number of nitrogens with two attached hydrogens (primary N) is 1. The second kappa shape index (κ2) is 5.29. The zero-order chi connectivity index (χ0) is 15.8. The molecule has 0 radical (unpaired) electrons. The number of nitrogens with zero attached hydrogens (tertiary/aromatic N) is 1. The molecule has 23 heavy (non-hydrogen) atoms. The number of nitrogens with one attached hydrogen (secondary N) is 1. The largest absolute Gasteiger partial charge is 0.399 e. The van der Waals surface area contributed by atoms with Crippen LogP contribution in [0.3, 0.4) is 0 Å². The van der Waals surface area contributed by atoms with Crippen molar-refractivity contribution in [2.24, 2.45) is 0 Å². The van der Waals surface area contributed by atoms with E-state index in [1.165, 1.54) is 5.39 Å². The second-order valence-electron chi connectivity index (χ2n) is 5.61. The molecule has 0 unspecified atom stereocenters. The molecule has 3 nitrogen and oxygen atoms in total. The summed E-state index contributed by atoms with van der Waals surface area (Å²) < 4.78 is 0. The van der Waals surface area contributed by atoms with E-state index in [1.54, 1.807) is 0 Å². The van der Waals surface area contributed by atoms with Gasteiger partial charge < -0.3 is 11.1 Å². The van der Waals surface area contributed by atoms with Gasteiger partial charge in [0.05, 0.1) is 11.2 Å². The normalized spacial score (nSPS) is 11.0. The van der Waals surface area contributed by atoms with Crippen LogP contribution in [0.4, 0.5) is 11.4 Å². The summed E-state index contributed by atoms with van der Waals surface area (Å²) in [7, 11) is 1.93. The van der Waals surface area contributed by atoms with Gasteiger partial charge in [-0.15, -0.1) is 0 Å². The first-order valence-electron chi connectivity index (χ1n) is 7.62. The Balaban J connectivity index is 2.16. The van der Waals surface area contributed by atoms with Crippen molar-refractivity contribution in [3.05, 3.63) is 66.7 Å². The molecule has 0 saturated heterocycles. The standard InChI is InChI=1S/C20H17N3/c1-22-15-8-10-16-17-9-7-14(21)11-19(17)23-20(18(16)12-15)13-5-3-2-4-6-13/h2-12,22H,21H2,1H3. The van der Waals surface area contributed by atoms with E-state index < -0.39 is 0 Å². The molecule has 3 N–H and O–H groups in total. The van der Waals surface area contributed by atoms with Crippen molar-refractivity contribution in [3.63, 3.8) is 0 Å². The van der Waals surface area contributed by atoms with Crippen LogP contribution in [-0.4, -0.2) is 12.0 Å². The highest BCUT2D eigenvalue weighted by atomic mass is 14.8. The first-order chi connectivity index (χ1) is 11.3. The van der Waals surface area contributed by atoms with Crippen LogP contribution in [0, 0.1) is 0 Å². The van der Waals surface area contributed by atoms with Gasteiger partial charge in [-0.05, 0) is 29.7 Å². The Hall–Kier alpha value is -3.07. The number of fused-ring (bicyclic) bond motifs is 3. The molecule has 3 aromatic carbocycles. The monoisotopic (exact) mass is 299 g/mol. The number of hydrogen-bond acceptors (Lipinski definition) is 3. The lowest BCUT2D eigenvalue weighted by Gasteiger charge is -2.12. The quantitative estimate of drug-likeness (QED) is 0.417. The molecular formula is C20H17N3. The first kappa shape index (κ1) is 13.6. The summed E-state index contributed by atoms with van der Waals surface area (Å²) in [6.45, 7) is 0. The lowest BCUT2D eigenvalue weighted by atomic mass is 9.99. The van der Waals surface area contributed by atoms with Crippen molar-refractivity contribution >= 4 is 33.1 Å². The van der Waals surface area contributed by atoms with Gasteiger partial charge in [-0.3, -0.25) is 0 Å². The van der Waals surface area contributed by atoms with Gasteiger partial charge in [-0.2, -0.15) is 0 Å². The molecule has 4 aromatic rings. The molecule has 0 fully saturated rings. The third-order valence-electron chi connectivity index (χ3n) is 4.15. The van der Waals surface area contributed by atoms with Crippen LogP contribution in [0.5, 0.6) is 0 Å². The molecule has 0 aliphatic rings. The van der Waals surface area contributed by atoms with E-state index in [4.69, 9.17) is 10.7 Å². The first-order valence-corrected chi connectivity index (χ1v) is 7.62. The fourth-order valence-electron chi connectivity index (χ4n) is 3.00. The Kier molecular flexibility index (Phi) is 3.12. The topological polar surface area (TPSA) is 50.9 Å². The minimum atomic E-state index is 0.732. The van der Waals surface area contributed by atoms with Gasteiger partial charge in [0.2, 0.25) is 0 Å². The SMILES string of the molecule is CNc1ccc2c(c1)c(-c1ccccc1)nc1cc(N)ccc12. The average Bonchev–Trinajstić information content (AvgIpc) is 2.61. The van der Waals surface area contributed by atoms with Gasteiger partial charge in [0.15, 0.2) is 0 Å². The van der Waals surface area contributed by atoms with Crippen LogP contribution in [0.1, 0.15) is 0 Å². The Morgan fingerprint density at radius 3 is 2.39 bits per heavy atom. The summed E-state index contributed by atoms with van der Waals surface area (Å²) in [5.74, 6) is 0. The molecule has 4 rings (SSSR count). The van der Waals surface area contributed by atoms with E-state index in [-0.39, 0.29) is 0 Å². The number of nitrogen functional groups attached to an aromatic ring is 1. The molecule has 1 aromatic heterocycles. The summed E-state index contributed by atoms with van der Waals surface area (Å²) in [5.41, 5.74) is 10.8. The van der Waals surface area contributed by atoms with E-state index >= 15 is 0 Å². The maximum atomic E-state index is 5.95. The fourth-order valence-corrected chi connectivity index (χ4v) is 3.00. The predicted molar refractivity (Wildman–Crippen MR) is 98.6 cm³/mol. The third-order valence-corrected chi connectivity index (χ3v) is 4.15. The maximum absolute atomic E-state index is 5.95. The van der Waals surface area contributed by atoms with Crippen molar-refractivity contribution in [3.8, 4) is 11.3 Å². The van der Waals surface area contributed by atoms with Crippen LogP contribution < -0.4 is 11.1 Å². The minimum Gasteiger partial charge on any atom is -0.399 e. The van der Waals surface area contributed by atoms with Gasteiger partial charge in [0.25, 0.3) is 0 Å². The smallest absolute Gasteiger partial charge is 0.0788 e. The average molecular weight is 299 g/mol. The lowest BCUT2D eigenvalue weighted by Crippen LogP contribution is -1.93. The molecule has 1 heterocycles. The van der Waals surface area contributed by atoms with Gasteiger partial charge in [-0.1, -0.05) is 42.5 Å². The van der Waals surface area contributed by atoms with Crippen LogP contribution in [0.2, 0.25) is 0 Å². The van der Waals surface area contributed by atoms with Crippen molar-refractivity contribution < 1.29 is 0 Å². The Morgan fingerprint density at radius 1 is 0.826 bits per heavy atom. The number of benzene rings is 3. The molecule has 112 valence electrons. The van der Waals surface area contributed by atoms with Crippen LogP contribution >= 0.6 is 0 Å². The summed E-state index contributed by atoms with van der Waals surface area (Å²) >= 11 is 0. The number of aromatic nitrogens is 1. The zero-order valence-electron chi connectivity index (χ0n) is 12.9. The molecule has 0 aliphatic carbocycles. The van der Waals surface area contributed by atoms with Crippen molar-refractivity contribution in [1.29, 1.82) is 0 Å². The van der Waals surface area contributed by atoms with Crippen molar-refractivity contribution in [1.82, 2.24) is 4.98 Å². The van der Waals surface area contributed by atoms with Gasteiger partial charge in [0, 0.05) is 34.8 Å². The van der Waals surface area contributed by atoms with Gasteiger partial charge in [-0.25, -0.2) is 4.98 Å². The van der Waals surface area contributed by atoms with E-state index in [9.17, 15) is 0 Å². The lowest BCUT2D eigenvalue weighted by molar-refractivity contribution is 1.42. The van der Waals surface area contributed by atoms with Gasteiger partial charge in [0.1, 0.15) is 0 Å². The summed E-state index contributed by atoms with van der Waals surface area (Å²) in [4.78, 5) is 4.90. The Morgan fingerprint density at radius 2 is 1.61 bits per heavy atom. The number of hydrogen-bond donors (Lipinski definition) is 2. The molecule has 0 saturated carbocycles. The number of rotatable bonds is 2. The number of pyridine rings is 1. The van der Waals surface area contributed by atoms with E-state index in [1.807, 2.05) is 43.4 Å².